The Morgan fingerprint density at radius 2 is 1.93 bits per heavy atom. The van der Waals surface area contributed by atoms with Crippen molar-refractivity contribution in [3.05, 3.63) is 23.8 Å². The summed E-state index contributed by atoms with van der Waals surface area (Å²) in [6.45, 7) is 9.65. The highest BCUT2D eigenvalue weighted by Crippen LogP contribution is 2.26. The second-order valence-electron chi connectivity index (χ2n) is 5.12. The molecule has 0 radical (unpaired) electrons. The Morgan fingerprint density at radius 3 is 2.47 bits per heavy atom. The first kappa shape index (κ1) is 11.9. The molecule has 0 heterocycles. The Labute approximate surface area is 92.6 Å². The fraction of sp³-hybridized carbons (Fsp3) is 0.538. The highest BCUT2D eigenvalue weighted by molar-refractivity contribution is 5.58. The topological polar surface area (TPSA) is 21.3 Å². The predicted octanol–water partition coefficient (Wildman–Crippen LogP) is 3.46. The SMILES string of the molecule is COc1ccc(C)cc1NCC(C)(C)C. The quantitative estimate of drug-likeness (QED) is 0.819. The van der Waals surface area contributed by atoms with E-state index in [0.29, 0.717) is 0 Å². The van der Waals surface area contributed by atoms with Gasteiger partial charge in [-0.05, 0) is 30.0 Å². The van der Waals surface area contributed by atoms with Crippen LogP contribution in [0.5, 0.6) is 5.75 Å². The lowest BCUT2D eigenvalue weighted by Crippen LogP contribution is -2.19. The number of hydrogen-bond donors (Lipinski definition) is 1. The molecule has 1 rings (SSSR count). The van der Waals surface area contributed by atoms with Gasteiger partial charge in [-0.3, -0.25) is 0 Å². The Hall–Kier alpha value is -1.18. The smallest absolute Gasteiger partial charge is 0.141 e. The van der Waals surface area contributed by atoms with E-state index in [-0.39, 0.29) is 5.41 Å². The predicted molar refractivity (Wildman–Crippen MR) is 65.7 cm³/mol. The van der Waals surface area contributed by atoms with Crippen molar-refractivity contribution in [2.75, 3.05) is 19.0 Å². The van der Waals surface area contributed by atoms with Gasteiger partial charge in [0.15, 0.2) is 0 Å². The molecular weight excluding hydrogens is 186 g/mol. The molecule has 2 heteroatoms. The average Bonchev–Trinajstić information content (AvgIpc) is 2.14. The molecule has 0 atom stereocenters. The van der Waals surface area contributed by atoms with Crippen molar-refractivity contribution in [2.45, 2.75) is 27.7 Å². The Morgan fingerprint density at radius 1 is 1.27 bits per heavy atom. The van der Waals surface area contributed by atoms with Crippen LogP contribution in [0.3, 0.4) is 0 Å². The zero-order chi connectivity index (χ0) is 11.5. The van der Waals surface area contributed by atoms with Crippen LogP contribution in [-0.4, -0.2) is 13.7 Å². The van der Waals surface area contributed by atoms with Crippen molar-refractivity contribution < 1.29 is 4.74 Å². The Bertz CT molecular complexity index is 326. The van der Waals surface area contributed by atoms with Crippen LogP contribution >= 0.6 is 0 Å². The van der Waals surface area contributed by atoms with E-state index < -0.39 is 0 Å². The van der Waals surface area contributed by atoms with Gasteiger partial charge in [0.05, 0.1) is 12.8 Å². The molecule has 0 saturated carbocycles. The number of benzene rings is 1. The minimum absolute atomic E-state index is 0.273. The first-order valence-electron chi connectivity index (χ1n) is 5.31. The number of hydrogen-bond acceptors (Lipinski definition) is 2. The summed E-state index contributed by atoms with van der Waals surface area (Å²) in [4.78, 5) is 0. The normalized spacial score (nSPS) is 11.3. The van der Waals surface area contributed by atoms with Crippen molar-refractivity contribution in [3.63, 3.8) is 0 Å². The maximum absolute atomic E-state index is 5.30. The highest BCUT2D eigenvalue weighted by atomic mass is 16.5. The molecule has 0 unspecified atom stereocenters. The van der Waals surface area contributed by atoms with Gasteiger partial charge >= 0.3 is 0 Å². The third-order valence-electron chi connectivity index (χ3n) is 2.16. The standard InChI is InChI=1S/C13H21NO/c1-10-6-7-12(15-5)11(8-10)14-9-13(2,3)4/h6-8,14H,9H2,1-5H3. The Balaban J connectivity index is 2.79. The fourth-order valence-electron chi connectivity index (χ4n) is 1.32. The first-order valence-corrected chi connectivity index (χ1v) is 5.31. The molecule has 0 aliphatic carbocycles. The van der Waals surface area contributed by atoms with Crippen LogP contribution < -0.4 is 10.1 Å². The van der Waals surface area contributed by atoms with E-state index >= 15 is 0 Å². The molecule has 0 amide bonds. The van der Waals surface area contributed by atoms with Crippen LogP contribution in [0.25, 0.3) is 0 Å². The zero-order valence-electron chi connectivity index (χ0n) is 10.3. The van der Waals surface area contributed by atoms with Crippen molar-refractivity contribution in [1.82, 2.24) is 0 Å². The van der Waals surface area contributed by atoms with Crippen LogP contribution in [0.1, 0.15) is 26.3 Å². The van der Waals surface area contributed by atoms with Gasteiger partial charge in [0.1, 0.15) is 5.75 Å². The second-order valence-corrected chi connectivity index (χ2v) is 5.12. The van der Waals surface area contributed by atoms with Crippen molar-refractivity contribution in [2.24, 2.45) is 5.41 Å². The summed E-state index contributed by atoms with van der Waals surface area (Å²) in [5.74, 6) is 0.907. The van der Waals surface area contributed by atoms with Gasteiger partial charge in [-0.25, -0.2) is 0 Å². The molecule has 0 saturated heterocycles. The minimum atomic E-state index is 0.273. The highest BCUT2D eigenvalue weighted by Gasteiger charge is 2.11. The summed E-state index contributed by atoms with van der Waals surface area (Å²) < 4.78 is 5.30. The third-order valence-corrected chi connectivity index (χ3v) is 2.16. The van der Waals surface area contributed by atoms with E-state index in [4.69, 9.17) is 4.74 Å². The van der Waals surface area contributed by atoms with Crippen LogP contribution in [0, 0.1) is 12.3 Å². The maximum atomic E-state index is 5.30. The number of nitrogens with one attached hydrogen (secondary N) is 1. The lowest BCUT2D eigenvalue weighted by molar-refractivity contribution is 0.412. The summed E-state index contributed by atoms with van der Waals surface area (Å²) in [6.07, 6.45) is 0. The summed E-state index contributed by atoms with van der Waals surface area (Å²) in [6, 6.07) is 6.17. The summed E-state index contributed by atoms with van der Waals surface area (Å²) in [5, 5.41) is 3.42. The van der Waals surface area contributed by atoms with E-state index in [1.165, 1.54) is 5.56 Å². The van der Waals surface area contributed by atoms with Gasteiger partial charge in [0.25, 0.3) is 0 Å². The first-order chi connectivity index (χ1) is 6.92. The molecule has 0 aromatic heterocycles. The molecular formula is C13H21NO. The van der Waals surface area contributed by atoms with Gasteiger partial charge in [0, 0.05) is 6.54 Å². The van der Waals surface area contributed by atoms with E-state index in [2.05, 4.69) is 45.1 Å². The van der Waals surface area contributed by atoms with E-state index in [1.54, 1.807) is 7.11 Å². The molecule has 84 valence electrons. The van der Waals surface area contributed by atoms with Crippen molar-refractivity contribution in [3.8, 4) is 5.75 Å². The van der Waals surface area contributed by atoms with Crippen molar-refractivity contribution >= 4 is 5.69 Å². The lowest BCUT2D eigenvalue weighted by atomic mass is 9.97. The molecule has 1 N–H and O–H groups in total. The maximum Gasteiger partial charge on any atom is 0.141 e. The van der Waals surface area contributed by atoms with Gasteiger partial charge in [-0.1, -0.05) is 26.8 Å². The molecule has 15 heavy (non-hydrogen) atoms. The summed E-state index contributed by atoms with van der Waals surface area (Å²) in [5.41, 5.74) is 2.59. The number of methoxy groups -OCH3 is 1. The fourth-order valence-corrected chi connectivity index (χ4v) is 1.32. The number of anilines is 1. The minimum Gasteiger partial charge on any atom is -0.495 e. The molecule has 1 aromatic rings. The second kappa shape index (κ2) is 4.56. The number of aryl methyl sites for hydroxylation is 1. The van der Waals surface area contributed by atoms with Gasteiger partial charge in [-0.2, -0.15) is 0 Å². The van der Waals surface area contributed by atoms with E-state index in [1.807, 2.05) is 6.07 Å². The molecule has 0 aliphatic rings. The summed E-state index contributed by atoms with van der Waals surface area (Å²) >= 11 is 0. The van der Waals surface area contributed by atoms with Crippen molar-refractivity contribution in [1.29, 1.82) is 0 Å². The van der Waals surface area contributed by atoms with E-state index in [9.17, 15) is 0 Å². The number of rotatable bonds is 3. The van der Waals surface area contributed by atoms with Crippen LogP contribution in [0.15, 0.2) is 18.2 Å². The average molecular weight is 207 g/mol. The zero-order valence-corrected chi connectivity index (χ0v) is 10.3. The lowest BCUT2D eigenvalue weighted by Gasteiger charge is -2.21. The van der Waals surface area contributed by atoms with Crippen LogP contribution in [0.2, 0.25) is 0 Å². The van der Waals surface area contributed by atoms with Gasteiger partial charge in [0.2, 0.25) is 0 Å². The van der Waals surface area contributed by atoms with Crippen LogP contribution in [0.4, 0.5) is 5.69 Å². The molecule has 1 aromatic carbocycles. The number of ether oxygens (including phenoxy) is 1. The molecule has 0 aliphatic heterocycles. The monoisotopic (exact) mass is 207 g/mol. The molecule has 0 spiro atoms. The third kappa shape index (κ3) is 3.82. The Kier molecular flexibility index (Phi) is 3.61. The largest absolute Gasteiger partial charge is 0.495 e. The molecule has 0 fully saturated rings. The molecule has 0 bridgehead atoms. The summed E-state index contributed by atoms with van der Waals surface area (Å²) in [7, 11) is 1.70. The van der Waals surface area contributed by atoms with Gasteiger partial charge < -0.3 is 10.1 Å². The molecule has 2 nitrogen and oxygen atoms in total. The van der Waals surface area contributed by atoms with Crippen LogP contribution in [-0.2, 0) is 0 Å². The van der Waals surface area contributed by atoms with E-state index in [0.717, 1.165) is 18.0 Å². The van der Waals surface area contributed by atoms with Gasteiger partial charge in [-0.15, -0.1) is 0 Å².